The zero-order valence-electron chi connectivity index (χ0n) is 11.3. The second kappa shape index (κ2) is 5.44. The Labute approximate surface area is 136 Å². The number of nitrogens with zero attached hydrogens (tertiary/aromatic N) is 1. The van der Waals surface area contributed by atoms with Crippen molar-refractivity contribution in [1.29, 1.82) is 0 Å². The number of aliphatic hydroxyl groups is 1. The molecule has 1 aliphatic rings. The quantitative estimate of drug-likeness (QED) is 0.880. The third-order valence-corrected chi connectivity index (χ3v) is 4.99. The molecule has 0 spiro atoms. The van der Waals surface area contributed by atoms with E-state index in [1.165, 1.54) is 0 Å². The molecule has 1 atom stereocenters. The molecule has 3 rings (SSSR count). The van der Waals surface area contributed by atoms with Gasteiger partial charge in [-0.2, -0.15) is 0 Å². The van der Waals surface area contributed by atoms with Crippen LogP contribution < -0.4 is 4.90 Å². The minimum atomic E-state index is -0.762. The van der Waals surface area contributed by atoms with E-state index in [0.717, 1.165) is 26.9 Å². The van der Waals surface area contributed by atoms with Gasteiger partial charge in [-0.25, -0.2) is 0 Å². The van der Waals surface area contributed by atoms with Crippen LogP contribution in [0, 0.1) is 0 Å². The van der Waals surface area contributed by atoms with E-state index in [1.807, 2.05) is 30.3 Å². The van der Waals surface area contributed by atoms with Gasteiger partial charge in [0.15, 0.2) is 0 Å². The molecule has 0 bridgehead atoms. The highest BCUT2D eigenvalue weighted by Gasteiger charge is 2.25. The Hall–Kier alpha value is -1.36. The number of benzene rings is 2. The van der Waals surface area contributed by atoms with Gasteiger partial charge in [0.25, 0.3) is 0 Å². The monoisotopic (exact) mass is 365 g/mol. The van der Waals surface area contributed by atoms with Gasteiger partial charge in [-0.05, 0) is 50.8 Å². The number of hydrogen-bond acceptors (Lipinski definition) is 2. The molecule has 1 amide bonds. The smallest absolute Gasteiger partial charge is 0.231 e. The molecule has 0 fully saturated rings. The third-order valence-electron chi connectivity index (χ3n) is 3.76. The third kappa shape index (κ3) is 2.59. The van der Waals surface area contributed by atoms with Crippen LogP contribution in [0.4, 0.5) is 5.69 Å². The van der Waals surface area contributed by atoms with E-state index < -0.39 is 6.10 Å². The largest absolute Gasteiger partial charge is 0.384 e. The Morgan fingerprint density at radius 3 is 2.62 bits per heavy atom. The fraction of sp³-hybridized carbons (Fsp3) is 0.188. The van der Waals surface area contributed by atoms with Gasteiger partial charge in [0, 0.05) is 17.2 Å². The van der Waals surface area contributed by atoms with Crippen LogP contribution >= 0.6 is 27.5 Å². The number of likely N-dealkylation sites (N-methyl/N-ethyl adjacent to an activating group) is 1. The van der Waals surface area contributed by atoms with E-state index >= 15 is 0 Å². The lowest BCUT2D eigenvalue weighted by molar-refractivity contribution is -0.117. The van der Waals surface area contributed by atoms with Crippen molar-refractivity contribution in [2.45, 2.75) is 12.5 Å². The Kier molecular flexibility index (Phi) is 3.78. The van der Waals surface area contributed by atoms with E-state index in [9.17, 15) is 9.90 Å². The van der Waals surface area contributed by atoms with Gasteiger partial charge in [-0.1, -0.05) is 29.8 Å². The number of carbonyl (C=O) groups is 1. The van der Waals surface area contributed by atoms with E-state index in [-0.39, 0.29) is 5.91 Å². The van der Waals surface area contributed by atoms with Crippen molar-refractivity contribution < 1.29 is 9.90 Å². The lowest BCUT2D eigenvalue weighted by atomic mass is 9.99. The first-order chi connectivity index (χ1) is 9.97. The van der Waals surface area contributed by atoms with Crippen molar-refractivity contribution in [2.75, 3.05) is 11.9 Å². The lowest BCUT2D eigenvalue weighted by Crippen LogP contribution is -2.20. The number of aliphatic hydroxyl groups excluding tert-OH is 1. The van der Waals surface area contributed by atoms with Crippen LogP contribution in [0.5, 0.6) is 0 Å². The molecule has 1 aliphatic heterocycles. The van der Waals surface area contributed by atoms with Crippen LogP contribution in [0.25, 0.3) is 0 Å². The summed E-state index contributed by atoms with van der Waals surface area (Å²) in [4.78, 5) is 13.3. The van der Waals surface area contributed by atoms with Crippen LogP contribution in [0.2, 0.25) is 5.02 Å². The first-order valence-corrected chi connectivity index (χ1v) is 7.67. The average Bonchev–Trinajstić information content (AvgIpc) is 2.76. The zero-order valence-corrected chi connectivity index (χ0v) is 13.6. The van der Waals surface area contributed by atoms with Crippen LogP contribution in [-0.2, 0) is 11.2 Å². The van der Waals surface area contributed by atoms with E-state index in [4.69, 9.17) is 11.6 Å². The van der Waals surface area contributed by atoms with Crippen LogP contribution in [0.3, 0.4) is 0 Å². The molecule has 0 saturated carbocycles. The van der Waals surface area contributed by atoms with Gasteiger partial charge in [-0.3, -0.25) is 4.79 Å². The molecular formula is C16H13BrClNO2. The zero-order chi connectivity index (χ0) is 15.1. The summed E-state index contributed by atoms with van der Waals surface area (Å²) >= 11 is 9.40. The summed E-state index contributed by atoms with van der Waals surface area (Å²) in [5.74, 6) is 0.0725. The standard InChI is InChI=1S/C16H13BrClNO2/c1-19-14-5-3-9(6-11(14)8-15(19)20)16(21)10-2-4-12(17)13(18)7-10/h2-7,16,21H,8H2,1H3. The molecule has 1 unspecified atom stereocenters. The van der Waals surface area contributed by atoms with Gasteiger partial charge in [0.2, 0.25) is 5.91 Å². The number of hydrogen-bond donors (Lipinski definition) is 1. The Morgan fingerprint density at radius 2 is 1.90 bits per heavy atom. The Balaban J connectivity index is 1.96. The SMILES string of the molecule is CN1C(=O)Cc2cc(C(O)c3ccc(Br)c(Cl)c3)ccc21. The van der Waals surface area contributed by atoms with E-state index in [1.54, 1.807) is 18.0 Å². The second-order valence-corrected chi connectivity index (χ2v) is 6.36. The molecule has 2 aromatic rings. The van der Waals surface area contributed by atoms with Gasteiger partial charge in [-0.15, -0.1) is 0 Å². The highest BCUT2D eigenvalue weighted by molar-refractivity contribution is 9.10. The van der Waals surface area contributed by atoms with Crippen molar-refractivity contribution in [1.82, 2.24) is 0 Å². The maximum atomic E-state index is 11.7. The van der Waals surface area contributed by atoms with Crippen molar-refractivity contribution in [2.24, 2.45) is 0 Å². The van der Waals surface area contributed by atoms with Gasteiger partial charge < -0.3 is 10.0 Å². The fourth-order valence-corrected chi connectivity index (χ4v) is 2.97. The first-order valence-electron chi connectivity index (χ1n) is 6.50. The van der Waals surface area contributed by atoms with Crippen LogP contribution in [0.15, 0.2) is 40.9 Å². The highest BCUT2D eigenvalue weighted by atomic mass is 79.9. The van der Waals surface area contributed by atoms with Crippen molar-refractivity contribution in [3.05, 3.63) is 62.6 Å². The van der Waals surface area contributed by atoms with Crippen molar-refractivity contribution in [3.63, 3.8) is 0 Å². The molecule has 108 valence electrons. The van der Waals surface area contributed by atoms with Crippen LogP contribution in [0.1, 0.15) is 22.8 Å². The Morgan fingerprint density at radius 1 is 1.24 bits per heavy atom. The second-order valence-electron chi connectivity index (χ2n) is 5.09. The normalized spacial score (nSPS) is 15.2. The summed E-state index contributed by atoms with van der Waals surface area (Å²) < 4.78 is 0.793. The highest BCUT2D eigenvalue weighted by Crippen LogP contribution is 2.33. The molecule has 2 aromatic carbocycles. The summed E-state index contributed by atoms with van der Waals surface area (Å²) in [6.45, 7) is 0. The van der Waals surface area contributed by atoms with Crippen molar-refractivity contribution >= 4 is 39.1 Å². The van der Waals surface area contributed by atoms with Gasteiger partial charge >= 0.3 is 0 Å². The lowest BCUT2D eigenvalue weighted by Gasteiger charge is -2.15. The Bertz CT molecular complexity index is 732. The number of amides is 1. The first kappa shape index (κ1) is 14.6. The number of rotatable bonds is 2. The molecule has 0 aromatic heterocycles. The number of halogens is 2. The molecule has 1 N–H and O–H groups in total. The van der Waals surface area contributed by atoms with Gasteiger partial charge in [0.05, 0.1) is 11.4 Å². The van der Waals surface area contributed by atoms with Gasteiger partial charge in [0.1, 0.15) is 6.10 Å². The fourth-order valence-electron chi connectivity index (χ4n) is 2.54. The molecule has 1 heterocycles. The molecule has 0 aliphatic carbocycles. The summed E-state index contributed by atoms with van der Waals surface area (Å²) in [7, 11) is 1.76. The molecule has 0 radical (unpaired) electrons. The average molecular weight is 367 g/mol. The summed E-state index contributed by atoms with van der Waals surface area (Å²) in [5.41, 5.74) is 3.34. The molecule has 0 saturated heterocycles. The maximum absolute atomic E-state index is 11.7. The van der Waals surface area contributed by atoms with Crippen LogP contribution in [-0.4, -0.2) is 18.1 Å². The topological polar surface area (TPSA) is 40.5 Å². The van der Waals surface area contributed by atoms with Crippen molar-refractivity contribution in [3.8, 4) is 0 Å². The molecule has 21 heavy (non-hydrogen) atoms. The number of anilines is 1. The molecular weight excluding hydrogens is 354 g/mol. The summed E-state index contributed by atoms with van der Waals surface area (Å²) in [6, 6.07) is 11.0. The predicted molar refractivity (Wildman–Crippen MR) is 86.8 cm³/mol. The molecule has 5 heteroatoms. The number of fused-ring (bicyclic) bond motifs is 1. The minimum Gasteiger partial charge on any atom is -0.384 e. The minimum absolute atomic E-state index is 0.0725. The summed E-state index contributed by atoms with van der Waals surface area (Å²) in [5, 5.41) is 11.1. The van der Waals surface area contributed by atoms with E-state index in [0.29, 0.717) is 11.4 Å². The van der Waals surface area contributed by atoms with E-state index in [2.05, 4.69) is 15.9 Å². The predicted octanol–water partition coefficient (Wildman–Crippen LogP) is 3.70. The summed E-state index contributed by atoms with van der Waals surface area (Å²) in [6.07, 6.45) is -0.380. The number of carbonyl (C=O) groups excluding carboxylic acids is 1. The maximum Gasteiger partial charge on any atom is 0.231 e. The molecule has 3 nitrogen and oxygen atoms in total.